The Morgan fingerprint density at radius 1 is 1.12 bits per heavy atom. The van der Waals surface area contributed by atoms with Gasteiger partial charge in [0.15, 0.2) is 12.0 Å². The molecule has 2 fully saturated rings. The Kier molecular flexibility index (Phi) is 9.01. The number of hydrogen-bond acceptors (Lipinski definition) is 7. The van der Waals surface area contributed by atoms with Crippen molar-refractivity contribution >= 4 is 17.7 Å². The minimum Gasteiger partial charge on any atom is -0.444 e. The average molecular weight is 687 g/mol. The summed E-state index contributed by atoms with van der Waals surface area (Å²) in [4.78, 5) is 31.7. The fourth-order valence-corrected chi connectivity index (χ4v) is 6.96. The molecule has 264 valence electrons. The molecule has 0 aliphatic carbocycles. The highest BCUT2D eigenvalue weighted by atomic mass is 19.4. The number of alkyl halides is 4. The number of hydrogen-bond donors (Lipinski definition) is 0. The normalized spacial score (nSPS) is 20.4. The zero-order valence-corrected chi connectivity index (χ0v) is 28.6. The number of piperazine rings is 1. The van der Waals surface area contributed by atoms with E-state index < -0.39 is 40.9 Å². The first kappa shape index (κ1) is 34.8. The molecule has 1 unspecified atom stereocenters. The van der Waals surface area contributed by atoms with Gasteiger partial charge in [0.25, 0.3) is 5.91 Å². The number of aromatic nitrogens is 3. The molecule has 6 rings (SSSR count). The van der Waals surface area contributed by atoms with Crippen molar-refractivity contribution in [2.45, 2.75) is 77.1 Å². The van der Waals surface area contributed by atoms with Gasteiger partial charge in [-0.15, -0.1) is 10.2 Å². The van der Waals surface area contributed by atoms with Gasteiger partial charge in [-0.25, -0.2) is 9.18 Å². The molecule has 0 N–H and O–H groups in total. The Labute approximate surface area is 283 Å². The van der Waals surface area contributed by atoms with Gasteiger partial charge < -0.3 is 23.8 Å². The predicted molar refractivity (Wildman–Crippen MR) is 173 cm³/mol. The molecule has 3 aromatic rings. The van der Waals surface area contributed by atoms with Gasteiger partial charge in [0.05, 0.1) is 30.7 Å². The molecule has 14 heteroatoms. The molecule has 3 aliphatic heterocycles. The number of carbonyl (C=O) groups excluding carboxylic acids is 2. The Hall–Kier alpha value is -4.04. The first-order valence-corrected chi connectivity index (χ1v) is 16.4. The lowest BCUT2D eigenvalue weighted by Crippen LogP contribution is -2.56. The molecular formula is C35H42F4N6O4. The van der Waals surface area contributed by atoms with Crippen molar-refractivity contribution in [3.63, 3.8) is 0 Å². The van der Waals surface area contributed by atoms with Crippen LogP contribution in [0.5, 0.6) is 0 Å². The SMILES string of the molecule is CC(C)C1CN(C(=O)OC(C)(C)C)CCN1Cc1cc2c(c(C(F)(F)F)c1)CN(c1cccc(C3([C@@H](F)c4nncn4C)COC3)c1)C2=O. The first-order valence-electron chi connectivity index (χ1n) is 16.4. The van der Waals surface area contributed by atoms with Crippen LogP contribution in [-0.4, -0.2) is 81.1 Å². The predicted octanol–water partition coefficient (Wildman–Crippen LogP) is 6.05. The fraction of sp³-hybridized carbons (Fsp3) is 0.543. The van der Waals surface area contributed by atoms with Gasteiger partial charge in [-0.1, -0.05) is 26.0 Å². The van der Waals surface area contributed by atoms with Crippen LogP contribution in [0.25, 0.3) is 0 Å². The molecule has 2 amide bonds. The Balaban J connectivity index is 1.27. The third kappa shape index (κ3) is 6.64. The van der Waals surface area contributed by atoms with E-state index >= 15 is 4.39 Å². The number of benzene rings is 2. The zero-order chi connectivity index (χ0) is 35.5. The van der Waals surface area contributed by atoms with Gasteiger partial charge in [-0.05, 0) is 67.6 Å². The zero-order valence-electron chi connectivity index (χ0n) is 28.6. The molecule has 0 bridgehead atoms. The maximum absolute atomic E-state index is 16.0. The average Bonchev–Trinajstić information content (AvgIpc) is 3.57. The van der Waals surface area contributed by atoms with Gasteiger partial charge >= 0.3 is 12.3 Å². The standard InChI is InChI=1S/C35H42F4N6O4/c1-21(2)28-17-44(32(47)49-33(3,4)5)11-10-43(28)15-22-12-25-26(27(13-22)35(37,38)39)16-45(31(25)46)24-9-7-8-23(14-24)34(18-48-19-34)29(36)30-41-40-20-42(30)6/h7-9,12-14,20-21,28-29H,10-11,15-19H2,1-6H3/t28?,29-/m0/s1. The number of halogens is 4. The first-order chi connectivity index (χ1) is 23.0. The quantitative estimate of drug-likeness (QED) is 0.280. The van der Waals surface area contributed by atoms with Crippen LogP contribution < -0.4 is 4.90 Å². The molecule has 0 spiro atoms. The van der Waals surface area contributed by atoms with Crippen molar-refractivity contribution in [3.8, 4) is 0 Å². The number of aryl methyl sites for hydroxylation is 1. The van der Waals surface area contributed by atoms with E-state index in [1.54, 1.807) is 63.1 Å². The van der Waals surface area contributed by atoms with Gasteiger partial charge in [-0.2, -0.15) is 13.2 Å². The summed E-state index contributed by atoms with van der Waals surface area (Å²) in [5.41, 5.74) is -1.41. The summed E-state index contributed by atoms with van der Waals surface area (Å²) in [6.07, 6.45) is -5.27. The molecule has 3 aliphatic rings. The Bertz CT molecular complexity index is 1730. The smallest absolute Gasteiger partial charge is 0.416 e. The van der Waals surface area contributed by atoms with Crippen LogP contribution in [0.3, 0.4) is 0 Å². The molecular weight excluding hydrogens is 644 g/mol. The monoisotopic (exact) mass is 686 g/mol. The van der Waals surface area contributed by atoms with Crippen LogP contribution in [0, 0.1) is 5.92 Å². The van der Waals surface area contributed by atoms with E-state index in [4.69, 9.17) is 9.47 Å². The van der Waals surface area contributed by atoms with Crippen LogP contribution in [-0.2, 0) is 41.2 Å². The minimum absolute atomic E-state index is 0.00661. The second-order valence-corrected chi connectivity index (χ2v) is 14.6. The second-order valence-electron chi connectivity index (χ2n) is 14.6. The van der Waals surface area contributed by atoms with Gasteiger partial charge in [0, 0.05) is 50.5 Å². The molecule has 2 aromatic carbocycles. The van der Waals surface area contributed by atoms with E-state index in [0.29, 0.717) is 36.4 Å². The third-order valence-electron chi connectivity index (χ3n) is 9.66. The lowest BCUT2D eigenvalue weighted by Gasteiger charge is -2.43. The molecule has 10 nitrogen and oxygen atoms in total. The summed E-state index contributed by atoms with van der Waals surface area (Å²) in [6, 6.07) is 9.25. The molecule has 0 saturated carbocycles. The number of amides is 2. The lowest BCUT2D eigenvalue weighted by molar-refractivity contribution is -0.138. The largest absolute Gasteiger partial charge is 0.444 e. The second kappa shape index (κ2) is 12.7. The van der Waals surface area contributed by atoms with Crippen molar-refractivity contribution in [1.82, 2.24) is 24.6 Å². The minimum atomic E-state index is -4.70. The highest BCUT2D eigenvalue weighted by Gasteiger charge is 2.51. The topological polar surface area (TPSA) is 93.0 Å². The van der Waals surface area contributed by atoms with Crippen molar-refractivity contribution in [2.75, 3.05) is 37.7 Å². The van der Waals surface area contributed by atoms with Crippen molar-refractivity contribution in [2.24, 2.45) is 13.0 Å². The van der Waals surface area contributed by atoms with Gasteiger partial charge in [0.1, 0.15) is 11.9 Å². The number of nitrogens with zero attached hydrogens (tertiary/aromatic N) is 6. The summed E-state index contributed by atoms with van der Waals surface area (Å²) in [5, 5.41) is 7.73. The molecule has 2 atom stereocenters. The molecule has 49 heavy (non-hydrogen) atoms. The summed E-state index contributed by atoms with van der Waals surface area (Å²) in [5.74, 6) is -0.335. The number of fused-ring (bicyclic) bond motifs is 1. The highest BCUT2D eigenvalue weighted by molar-refractivity contribution is 6.10. The van der Waals surface area contributed by atoms with Crippen LogP contribution in [0.2, 0.25) is 0 Å². The van der Waals surface area contributed by atoms with Crippen molar-refractivity contribution < 1.29 is 36.6 Å². The number of carbonyl (C=O) groups is 2. The van der Waals surface area contributed by atoms with Crippen molar-refractivity contribution in [1.29, 1.82) is 0 Å². The van der Waals surface area contributed by atoms with Crippen LogP contribution >= 0.6 is 0 Å². The van der Waals surface area contributed by atoms with E-state index in [1.807, 2.05) is 13.8 Å². The van der Waals surface area contributed by atoms with Crippen LogP contribution in [0.1, 0.15) is 79.2 Å². The van der Waals surface area contributed by atoms with Gasteiger partial charge in [-0.3, -0.25) is 9.69 Å². The van der Waals surface area contributed by atoms with E-state index in [2.05, 4.69) is 15.1 Å². The Morgan fingerprint density at radius 2 is 1.86 bits per heavy atom. The molecule has 2 saturated heterocycles. The Morgan fingerprint density at radius 3 is 2.45 bits per heavy atom. The maximum atomic E-state index is 16.0. The van der Waals surface area contributed by atoms with Crippen LogP contribution in [0.15, 0.2) is 42.7 Å². The summed E-state index contributed by atoms with van der Waals surface area (Å²) in [6.45, 7) is 10.6. The van der Waals surface area contributed by atoms with Gasteiger partial charge in [0.2, 0.25) is 0 Å². The lowest BCUT2D eigenvalue weighted by atomic mass is 9.74. The number of anilines is 1. The van der Waals surface area contributed by atoms with Crippen molar-refractivity contribution in [3.05, 3.63) is 76.4 Å². The fourth-order valence-electron chi connectivity index (χ4n) is 6.96. The van der Waals surface area contributed by atoms with E-state index in [0.717, 1.165) is 6.07 Å². The molecule has 1 aromatic heterocycles. The van der Waals surface area contributed by atoms with E-state index in [1.165, 1.54) is 15.8 Å². The van der Waals surface area contributed by atoms with E-state index in [-0.39, 0.29) is 55.2 Å². The third-order valence-corrected chi connectivity index (χ3v) is 9.66. The number of rotatable bonds is 7. The molecule has 4 heterocycles. The summed E-state index contributed by atoms with van der Waals surface area (Å²) >= 11 is 0. The summed E-state index contributed by atoms with van der Waals surface area (Å²) in [7, 11) is 1.64. The molecule has 0 radical (unpaired) electrons. The van der Waals surface area contributed by atoms with E-state index in [9.17, 15) is 22.8 Å². The summed E-state index contributed by atoms with van der Waals surface area (Å²) < 4.78 is 72.3. The highest BCUT2D eigenvalue weighted by Crippen LogP contribution is 2.47. The maximum Gasteiger partial charge on any atom is 0.416 e. The van der Waals surface area contributed by atoms with Crippen LogP contribution in [0.4, 0.5) is 28.0 Å². The number of ether oxygens (including phenoxy) is 2.